The first-order valence-electron chi connectivity index (χ1n) is 6.97. The minimum atomic E-state index is -0.185. The second-order valence-electron chi connectivity index (χ2n) is 5.87. The molecule has 1 aromatic heterocycles. The van der Waals surface area contributed by atoms with Crippen LogP contribution in [0.4, 0.5) is 0 Å². The highest BCUT2D eigenvalue weighted by Gasteiger charge is 2.28. The molecular weight excluding hydrogens is 242 g/mol. The average Bonchev–Trinajstić information content (AvgIpc) is 2.77. The molecule has 0 saturated carbocycles. The van der Waals surface area contributed by atoms with Gasteiger partial charge in [0, 0.05) is 6.54 Å². The van der Waals surface area contributed by atoms with Gasteiger partial charge in [0.05, 0.1) is 12.1 Å². The molecule has 1 unspecified atom stereocenters. The Morgan fingerprint density at radius 2 is 2.05 bits per heavy atom. The van der Waals surface area contributed by atoms with Crippen molar-refractivity contribution >= 4 is 0 Å². The van der Waals surface area contributed by atoms with Crippen LogP contribution in [0.3, 0.4) is 0 Å². The predicted molar refractivity (Wildman–Crippen MR) is 73.5 cm³/mol. The normalized spacial score (nSPS) is 24.6. The maximum Gasteiger partial charge on any atom is 0.243 e. The highest BCUT2D eigenvalue weighted by molar-refractivity contribution is 5.00. The Kier molecular flexibility index (Phi) is 4.54. The summed E-state index contributed by atoms with van der Waals surface area (Å²) in [6.45, 7) is 7.19. The lowest BCUT2D eigenvalue weighted by Crippen LogP contribution is -2.31. The van der Waals surface area contributed by atoms with E-state index < -0.39 is 0 Å². The van der Waals surface area contributed by atoms with Gasteiger partial charge in [0.15, 0.2) is 5.82 Å². The molecule has 2 heterocycles. The maximum atomic E-state index is 6.05. The molecule has 6 nitrogen and oxygen atoms in total. The smallest absolute Gasteiger partial charge is 0.243 e. The number of nitrogens with two attached hydrogens (primary N) is 1. The summed E-state index contributed by atoms with van der Waals surface area (Å²) in [5.74, 6) is 1.59. The molecule has 1 saturated heterocycles. The van der Waals surface area contributed by atoms with Gasteiger partial charge < -0.3 is 15.2 Å². The summed E-state index contributed by atoms with van der Waals surface area (Å²) in [6.07, 6.45) is 1.17. The van der Waals surface area contributed by atoms with Crippen LogP contribution < -0.4 is 5.73 Å². The van der Waals surface area contributed by atoms with Crippen molar-refractivity contribution in [2.45, 2.75) is 32.4 Å². The molecule has 0 radical (unpaired) electrons. The third-order valence-electron chi connectivity index (χ3n) is 3.83. The van der Waals surface area contributed by atoms with Gasteiger partial charge in [-0.2, -0.15) is 4.98 Å². The Morgan fingerprint density at radius 3 is 2.74 bits per heavy atom. The third-order valence-corrected chi connectivity index (χ3v) is 3.83. The molecule has 0 amide bonds. The molecule has 0 aliphatic carbocycles. The van der Waals surface area contributed by atoms with E-state index in [2.05, 4.69) is 47.9 Å². The Bertz CT molecular complexity index is 405. The largest absolute Gasteiger partial charge is 0.338 e. The molecule has 2 rings (SSSR count). The minimum Gasteiger partial charge on any atom is -0.338 e. The lowest BCUT2D eigenvalue weighted by atomic mass is 10.1. The van der Waals surface area contributed by atoms with Crippen molar-refractivity contribution in [3.8, 4) is 0 Å². The van der Waals surface area contributed by atoms with Gasteiger partial charge in [-0.15, -0.1) is 0 Å². The van der Waals surface area contributed by atoms with Crippen LogP contribution in [0.1, 0.15) is 44.1 Å². The fourth-order valence-electron chi connectivity index (χ4n) is 2.35. The van der Waals surface area contributed by atoms with Crippen molar-refractivity contribution in [1.29, 1.82) is 0 Å². The van der Waals surface area contributed by atoms with E-state index in [9.17, 15) is 0 Å². The van der Waals surface area contributed by atoms with Crippen LogP contribution in [0.15, 0.2) is 4.52 Å². The fourth-order valence-corrected chi connectivity index (χ4v) is 2.35. The standard InChI is InChI=1S/C13H25N5O/c1-9(2)11(14)13-15-12(16-19-13)10-8-17(3)6-5-7-18(10)4/h9-11H,5-8,14H2,1-4H3/t10?,11-/m0/s1. The molecule has 2 N–H and O–H groups in total. The highest BCUT2D eigenvalue weighted by Crippen LogP contribution is 2.23. The predicted octanol–water partition coefficient (Wildman–Crippen LogP) is 1.03. The van der Waals surface area contributed by atoms with E-state index in [4.69, 9.17) is 10.3 Å². The minimum absolute atomic E-state index is 0.185. The monoisotopic (exact) mass is 267 g/mol. The van der Waals surface area contributed by atoms with Crippen molar-refractivity contribution in [2.24, 2.45) is 11.7 Å². The van der Waals surface area contributed by atoms with E-state index in [0.29, 0.717) is 11.8 Å². The van der Waals surface area contributed by atoms with Gasteiger partial charge in [-0.1, -0.05) is 19.0 Å². The summed E-state index contributed by atoms with van der Waals surface area (Å²) in [6, 6.07) is -0.000531. The van der Waals surface area contributed by atoms with Crippen molar-refractivity contribution < 1.29 is 4.52 Å². The first-order valence-corrected chi connectivity index (χ1v) is 6.97. The third kappa shape index (κ3) is 3.32. The second kappa shape index (κ2) is 5.98. The fraction of sp³-hybridized carbons (Fsp3) is 0.846. The van der Waals surface area contributed by atoms with Crippen LogP contribution in [0, 0.1) is 5.92 Å². The zero-order valence-corrected chi connectivity index (χ0v) is 12.3. The second-order valence-corrected chi connectivity index (χ2v) is 5.87. The summed E-state index contributed by atoms with van der Waals surface area (Å²) in [5.41, 5.74) is 6.05. The van der Waals surface area contributed by atoms with E-state index in [0.717, 1.165) is 25.5 Å². The molecule has 1 aromatic rings. The Balaban J connectivity index is 2.16. The van der Waals surface area contributed by atoms with Crippen molar-refractivity contribution in [3.05, 3.63) is 11.7 Å². The van der Waals surface area contributed by atoms with Crippen LogP contribution in [0.5, 0.6) is 0 Å². The van der Waals surface area contributed by atoms with E-state index in [1.54, 1.807) is 0 Å². The van der Waals surface area contributed by atoms with Gasteiger partial charge in [-0.25, -0.2) is 0 Å². The van der Waals surface area contributed by atoms with E-state index in [1.807, 2.05) is 0 Å². The number of rotatable bonds is 3. The summed E-state index contributed by atoms with van der Waals surface area (Å²) in [7, 11) is 4.25. The summed E-state index contributed by atoms with van der Waals surface area (Å²) < 4.78 is 5.33. The van der Waals surface area contributed by atoms with Crippen molar-refractivity contribution in [3.63, 3.8) is 0 Å². The molecular formula is C13H25N5O. The summed E-state index contributed by atoms with van der Waals surface area (Å²) in [5, 5.41) is 4.14. The van der Waals surface area contributed by atoms with Crippen LogP contribution >= 0.6 is 0 Å². The average molecular weight is 267 g/mol. The van der Waals surface area contributed by atoms with Crippen LogP contribution in [0.25, 0.3) is 0 Å². The summed E-state index contributed by atoms with van der Waals surface area (Å²) in [4.78, 5) is 9.11. The molecule has 2 atom stereocenters. The Hall–Kier alpha value is -0.980. The molecule has 0 aromatic carbocycles. The molecule has 1 aliphatic heterocycles. The van der Waals surface area contributed by atoms with E-state index in [-0.39, 0.29) is 12.1 Å². The molecule has 6 heteroatoms. The van der Waals surface area contributed by atoms with Crippen LogP contribution in [-0.4, -0.2) is 53.7 Å². The van der Waals surface area contributed by atoms with Crippen LogP contribution in [0.2, 0.25) is 0 Å². The number of aromatic nitrogens is 2. The quantitative estimate of drug-likeness (QED) is 0.882. The molecule has 1 aliphatic rings. The van der Waals surface area contributed by atoms with E-state index >= 15 is 0 Å². The van der Waals surface area contributed by atoms with Crippen molar-refractivity contribution in [1.82, 2.24) is 19.9 Å². The van der Waals surface area contributed by atoms with Gasteiger partial charge in [0.25, 0.3) is 0 Å². The molecule has 0 bridgehead atoms. The zero-order valence-electron chi connectivity index (χ0n) is 12.3. The summed E-state index contributed by atoms with van der Waals surface area (Å²) >= 11 is 0. The molecule has 1 fully saturated rings. The molecule has 19 heavy (non-hydrogen) atoms. The Labute approximate surface area is 114 Å². The number of nitrogens with zero attached hydrogens (tertiary/aromatic N) is 4. The lowest BCUT2D eigenvalue weighted by Gasteiger charge is -2.24. The number of likely N-dealkylation sites (N-methyl/N-ethyl adjacent to an activating group) is 2. The molecule has 108 valence electrons. The van der Waals surface area contributed by atoms with Crippen LogP contribution in [-0.2, 0) is 0 Å². The van der Waals surface area contributed by atoms with E-state index in [1.165, 1.54) is 6.42 Å². The first kappa shape index (κ1) is 14.4. The lowest BCUT2D eigenvalue weighted by molar-refractivity contribution is 0.214. The van der Waals surface area contributed by atoms with Gasteiger partial charge >= 0.3 is 0 Å². The van der Waals surface area contributed by atoms with Gasteiger partial charge in [-0.05, 0) is 39.5 Å². The topological polar surface area (TPSA) is 71.4 Å². The zero-order chi connectivity index (χ0) is 14.0. The van der Waals surface area contributed by atoms with Gasteiger partial charge in [0.1, 0.15) is 0 Å². The first-order chi connectivity index (χ1) is 8.99. The molecule has 0 spiro atoms. The highest BCUT2D eigenvalue weighted by atomic mass is 16.5. The van der Waals surface area contributed by atoms with Gasteiger partial charge in [-0.3, -0.25) is 4.90 Å². The maximum absolute atomic E-state index is 6.05. The number of hydrogen-bond acceptors (Lipinski definition) is 6. The Morgan fingerprint density at radius 1 is 1.32 bits per heavy atom. The number of hydrogen-bond donors (Lipinski definition) is 1. The van der Waals surface area contributed by atoms with Crippen molar-refractivity contribution in [2.75, 3.05) is 33.7 Å². The SMILES string of the molecule is CC(C)[C@H](N)c1nc(C2CN(C)CCCN2C)no1. The van der Waals surface area contributed by atoms with Gasteiger partial charge in [0.2, 0.25) is 5.89 Å².